The fourth-order valence-electron chi connectivity index (χ4n) is 1.77. The molecule has 0 unspecified atom stereocenters. The number of rotatable bonds is 5. The van der Waals surface area contributed by atoms with Crippen molar-refractivity contribution in [1.82, 2.24) is 0 Å². The molecule has 0 aliphatic heterocycles. The SMILES string of the molecule is O=C(CC[n+]1ccc(/C=N\O)cc1)c1ccccc1.[Cl-]. The molecule has 0 saturated heterocycles. The number of carbonyl (C=O) groups excluding carboxylic acids is 1. The number of aromatic nitrogens is 1. The van der Waals surface area contributed by atoms with Crippen LogP contribution < -0.4 is 17.0 Å². The molecule has 0 atom stereocenters. The van der Waals surface area contributed by atoms with Crippen molar-refractivity contribution in [3.63, 3.8) is 0 Å². The second-order valence-electron chi connectivity index (χ2n) is 4.15. The van der Waals surface area contributed by atoms with Crippen molar-refractivity contribution in [3.05, 3.63) is 66.0 Å². The Morgan fingerprint density at radius 3 is 2.40 bits per heavy atom. The highest BCUT2D eigenvalue weighted by Crippen LogP contribution is 2.02. The molecule has 0 aliphatic rings. The third-order valence-electron chi connectivity index (χ3n) is 2.82. The third-order valence-corrected chi connectivity index (χ3v) is 2.82. The first-order valence-electron chi connectivity index (χ1n) is 6.04. The van der Waals surface area contributed by atoms with E-state index in [9.17, 15) is 4.79 Å². The van der Waals surface area contributed by atoms with E-state index in [0.717, 1.165) is 11.1 Å². The van der Waals surface area contributed by atoms with Gasteiger partial charge in [0.25, 0.3) is 0 Å². The molecule has 104 valence electrons. The lowest BCUT2D eigenvalue weighted by Crippen LogP contribution is -3.00. The van der Waals surface area contributed by atoms with Crippen molar-refractivity contribution in [1.29, 1.82) is 0 Å². The van der Waals surface area contributed by atoms with E-state index in [2.05, 4.69) is 5.16 Å². The van der Waals surface area contributed by atoms with Crippen LogP contribution in [-0.2, 0) is 6.54 Å². The molecule has 0 radical (unpaired) electrons. The highest BCUT2D eigenvalue weighted by Gasteiger charge is 2.08. The predicted molar refractivity (Wildman–Crippen MR) is 71.4 cm³/mol. The molecule has 1 aromatic heterocycles. The van der Waals surface area contributed by atoms with Crippen molar-refractivity contribution in [2.75, 3.05) is 0 Å². The first-order chi connectivity index (χ1) is 9.29. The molecule has 1 N–H and O–H groups in total. The quantitative estimate of drug-likeness (QED) is 0.254. The van der Waals surface area contributed by atoms with Crippen molar-refractivity contribution < 1.29 is 27.0 Å². The van der Waals surface area contributed by atoms with Crippen molar-refractivity contribution in [2.24, 2.45) is 5.16 Å². The number of Topliss-reactive ketones (excluding diaryl/α,β-unsaturated/α-hetero) is 1. The van der Waals surface area contributed by atoms with Crippen LogP contribution in [0.15, 0.2) is 60.0 Å². The molecule has 2 aromatic rings. The van der Waals surface area contributed by atoms with Gasteiger partial charge in [-0.25, -0.2) is 4.57 Å². The normalized spacial score (nSPS) is 10.2. The van der Waals surface area contributed by atoms with Crippen LogP contribution >= 0.6 is 0 Å². The first-order valence-corrected chi connectivity index (χ1v) is 6.04. The van der Waals surface area contributed by atoms with Gasteiger partial charge in [0.15, 0.2) is 24.7 Å². The van der Waals surface area contributed by atoms with Gasteiger partial charge in [-0.1, -0.05) is 35.5 Å². The standard InChI is InChI=1S/C15H14N2O2.ClH/c18-15(14-4-2-1-3-5-14)8-11-17-9-6-13(7-10-17)12-16-19;/h1-7,9-10,12H,8,11H2;1H. The Morgan fingerprint density at radius 1 is 1.15 bits per heavy atom. The zero-order valence-corrected chi connectivity index (χ0v) is 11.6. The van der Waals surface area contributed by atoms with Crippen LogP contribution in [0.3, 0.4) is 0 Å². The van der Waals surface area contributed by atoms with Crippen molar-refractivity contribution in [3.8, 4) is 0 Å². The molecule has 0 saturated carbocycles. The maximum atomic E-state index is 11.9. The second-order valence-corrected chi connectivity index (χ2v) is 4.15. The number of halogens is 1. The molecule has 0 aliphatic carbocycles. The summed E-state index contributed by atoms with van der Waals surface area (Å²) in [5.74, 6) is 0.133. The van der Waals surface area contributed by atoms with Gasteiger partial charge < -0.3 is 17.6 Å². The molecule has 2 rings (SSSR count). The highest BCUT2D eigenvalue weighted by molar-refractivity contribution is 5.95. The molecule has 5 heteroatoms. The van der Waals surface area contributed by atoms with E-state index in [-0.39, 0.29) is 18.2 Å². The maximum Gasteiger partial charge on any atom is 0.169 e. The Morgan fingerprint density at radius 2 is 1.80 bits per heavy atom. The zero-order chi connectivity index (χ0) is 13.5. The van der Waals surface area contributed by atoms with Gasteiger partial charge in [-0.2, -0.15) is 0 Å². The molecule has 1 heterocycles. The number of benzene rings is 1. The Hall–Kier alpha value is -2.20. The summed E-state index contributed by atoms with van der Waals surface area (Å²) in [6.07, 6.45) is 5.53. The topological polar surface area (TPSA) is 53.5 Å². The molecule has 1 aromatic carbocycles. The van der Waals surface area contributed by atoms with Crippen LogP contribution in [0.2, 0.25) is 0 Å². The van der Waals surface area contributed by atoms with Gasteiger partial charge >= 0.3 is 0 Å². The number of pyridine rings is 1. The molecule has 0 fully saturated rings. The number of hydrogen-bond acceptors (Lipinski definition) is 3. The van der Waals surface area contributed by atoms with E-state index >= 15 is 0 Å². The zero-order valence-electron chi connectivity index (χ0n) is 10.8. The fourth-order valence-corrected chi connectivity index (χ4v) is 1.77. The first kappa shape index (κ1) is 15.9. The Labute approximate surface area is 123 Å². The number of hydrogen-bond donors (Lipinski definition) is 1. The minimum absolute atomic E-state index is 0. The van der Waals surface area contributed by atoms with E-state index < -0.39 is 0 Å². The highest BCUT2D eigenvalue weighted by atomic mass is 35.5. The largest absolute Gasteiger partial charge is 1.00 e. The van der Waals surface area contributed by atoms with Gasteiger partial charge in [-0.05, 0) is 0 Å². The molecule has 4 nitrogen and oxygen atoms in total. The number of ketones is 1. The average molecular weight is 291 g/mol. The van der Waals surface area contributed by atoms with E-state index in [4.69, 9.17) is 5.21 Å². The Bertz CT molecular complexity index is 568. The predicted octanol–water partition coefficient (Wildman–Crippen LogP) is -0.941. The number of carbonyl (C=O) groups is 1. The Kier molecular flexibility index (Phi) is 6.40. The van der Waals surface area contributed by atoms with Gasteiger partial charge in [-0.15, -0.1) is 0 Å². The molecule has 0 bridgehead atoms. The number of aryl methyl sites for hydroxylation is 1. The Balaban J connectivity index is 0.00000200. The summed E-state index contributed by atoms with van der Waals surface area (Å²) in [5, 5.41) is 11.4. The molecule has 0 amide bonds. The van der Waals surface area contributed by atoms with Gasteiger partial charge in [0.2, 0.25) is 0 Å². The van der Waals surface area contributed by atoms with E-state index in [1.807, 2.05) is 59.4 Å². The number of oxime groups is 1. The van der Waals surface area contributed by atoms with Crippen LogP contribution in [-0.4, -0.2) is 17.2 Å². The van der Waals surface area contributed by atoms with Crippen LogP contribution in [0.5, 0.6) is 0 Å². The minimum atomic E-state index is 0. The van der Waals surface area contributed by atoms with E-state index in [1.54, 1.807) is 0 Å². The monoisotopic (exact) mass is 290 g/mol. The molecular formula is C15H15ClN2O2. The van der Waals surface area contributed by atoms with Crippen LogP contribution in [0.4, 0.5) is 0 Å². The number of nitrogens with zero attached hydrogens (tertiary/aromatic N) is 2. The van der Waals surface area contributed by atoms with E-state index in [1.165, 1.54) is 6.21 Å². The smallest absolute Gasteiger partial charge is 0.169 e. The summed E-state index contributed by atoms with van der Waals surface area (Å²) in [6.45, 7) is 0.629. The summed E-state index contributed by atoms with van der Waals surface area (Å²) < 4.78 is 1.93. The lowest BCUT2D eigenvalue weighted by atomic mass is 10.1. The summed E-state index contributed by atoms with van der Waals surface area (Å²) in [4.78, 5) is 11.9. The third kappa shape index (κ3) is 4.48. The van der Waals surface area contributed by atoms with Crippen LogP contribution in [0.1, 0.15) is 22.3 Å². The molecular weight excluding hydrogens is 276 g/mol. The minimum Gasteiger partial charge on any atom is -1.00 e. The van der Waals surface area contributed by atoms with Crippen LogP contribution in [0.25, 0.3) is 0 Å². The average Bonchev–Trinajstić information content (AvgIpc) is 2.47. The van der Waals surface area contributed by atoms with Crippen molar-refractivity contribution in [2.45, 2.75) is 13.0 Å². The summed E-state index contributed by atoms with van der Waals surface area (Å²) >= 11 is 0. The van der Waals surface area contributed by atoms with Gasteiger partial charge in [0.1, 0.15) is 0 Å². The fraction of sp³-hybridized carbons (Fsp3) is 0.133. The lowest BCUT2D eigenvalue weighted by Gasteiger charge is -1.99. The maximum absolute atomic E-state index is 11.9. The van der Waals surface area contributed by atoms with Crippen molar-refractivity contribution >= 4 is 12.0 Å². The van der Waals surface area contributed by atoms with Gasteiger partial charge in [0.05, 0.1) is 12.6 Å². The summed E-state index contributed by atoms with van der Waals surface area (Å²) in [7, 11) is 0. The lowest BCUT2D eigenvalue weighted by molar-refractivity contribution is -0.695. The van der Waals surface area contributed by atoms with Gasteiger partial charge in [0, 0.05) is 23.3 Å². The van der Waals surface area contributed by atoms with Gasteiger partial charge in [-0.3, -0.25) is 4.79 Å². The van der Waals surface area contributed by atoms with E-state index in [0.29, 0.717) is 13.0 Å². The molecule has 0 spiro atoms. The second kappa shape index (κ2) is 8.07. The summed E-state index contributed by atoms with van der Waals surface area (Å²) in [5.41, 5.74) is 1.56. The molecule has 20 heavy (non-hydrogen) atoms. The summed E-state index contributed by atoms with van der Waals surface area (Å²) in [6, 6.07) is 12.9. The van der Waals surface area contributed by atoms with Crippen LogP contribution in [0, 0.1) is 0 Å².